The van der Waals surface area contributed by atoms with Gasteiger partial charge in [-0.05, 0) is 50.7 Å². The van der Waals surface area contributed by atoms with Crippen LogP contribution in [-0.2, 0) is 16.0 Å². The first-order valence-electron chi connectivity index (χ1n) is 11.6. The van der Waals surface area contributed by atoms with Crippen LogP contribution in [0, 0.1) is 0 Å². The number of aliphatic hydroxyl groups is 2. The minimum atomic E-state index is -1.13. The van der Waals surface area contributed by atoms with E-state index in [0.717, 1.165) is 32.2 Å². The van der Waals surface area contributed by atoms with E-state index in [1.54, 1.807) is 15.9 Å². The van der Waals surface area contributed by atoms with E-state index in [2.05, 4.69) is 31.3 Å². The molecule has 4 atom stereocenters. The number of hydrogen-bond donors (Lipinski definition) is 3. The van der Waals surface area contributed by atoms with Crippen LogP contribution in [0.1, 0.15) is 43.2 Å². The predicted molar refractivity (Wildman–Crippen MR) is 129 cm³/mol. The maximum Gasteiger partial charge on any atom is 0.167 e. The smallest absolute Gasteiger partial charge is 0.167 e. The molecule has 4 rings (SSSR count). The van der Waals surface area contributed by atoms with Crippen LogP contribution in [0.3, 0.4) is 0 Å². The molecule has 0 aliphatic carbocycles. The first kappa shape index (κ1) is 24.7. The fourth-order valence-corrected chi connectivity index (χ4v) is 5.06. The molecular formula is C23H32N6O4S. The highest BCUT2D eigenvalue weighted by molar-refractivity contribution is 7.09. The zero-order valence-corrected chi connectivity index (χ0v) is 20.1. The topological polar surface area (TPSA) is 140 Å². The van der Waals surface area contributed by atoms with E-state index in [1.807, 2.05) is 13.1 Å². The number of nitrogens with zero attached hydrogens (tertiary/aromatic N) is 5. The summed E-state index contributed by atoms with van der Waals surface area (Å²) < 4.78 is 7.57. The van der Waals surface area contributed by atoms with Gasteiger partial charge in [-0.1, -0.05) is 6.07 Å². The van der Waals surface area contributed by atoms with E-state index in [0.29, 0.717) is 36.3 Å². The number of aryl methyl sites for hydroxylation is 1. The summed E-state index contributed by atoms with van der Waals surface area (Å²) in [4.78, 5) is 27.8. The van der Waals surface area contributed by atoms with Crippen molar-refractivity contribution in [3.63, 3.8) is 0 Å². The predicted octanol–water partition coefficient (Wildman–Crippen LogP) is 1.78. The first-order valence-corrected chi connectivity index (χ1v) is 12.5. The third-order valence-corrected chi connectivity index (χ3v) is 7.13. The number of Topliss-reactive ketones (excluding diaryl/α,β-unsaturated/α-hetero) is 1. The summed E-state index contributed by atoms with van der Waals surface area (Å²) in [7, 11) is 1.94. The van der Waals surface area contributed by atoms with E-state index in [-0.39, 0.29) is 5.82 Å². The number of ether oxygens (including phenoxy) is 1. The molecule has 34 heavy (non-hydrogen) atoms. The lowest BCUT2D eigenvalue weighted by Crippen LogP contribution is -2.38. The van der Waals surface area contributed by atoms with Gasteiger partial charge in [-0.25, -0.2) is 15.0 Å². The Balaban J connectivity index is 1.19. The Bertz CT molecular complexity index is 1070. The van der Waals surface area contributed by atoms with Crippen LogP contribution in [0.4, 0.5) is 5.82 Å². The standard InChI is InChI=1S/C23H32N6O4S/c1-28(10-3-2-6-15(30)7-4-8-16-9-5-11-34-16)12-17-19(31)20(32)23(33-17)29-14-27-18-21(24)25-13-26-22(18)29/h5,9,11,13-14,17,19-20,23,31-32H,2-4,6-8,10,12H2,1H3,(H2,24,25,26)/t17-,19-,20-,23-/m1/s1. The lowest BCUT2D eigenvalue weighted by Gasteiger charge is -2.22. The van der Waals surface area contributed by atoms with Crippen LogP contribution in [-0.4, -0.2) is 78.9 Å². The average molecular weight is 489 g/mol. The summed E-state index contributed by atoms with van der Waals surface area (Å²) in [6.07, 6.45) is 4.08. The minimum Gasteiger partial charge on any atom is -0.387 e. The zero-order chi connectivity index (χ0) is 24.1. The maximum atomic E-state index is 12.1. The van der Waals surface area contributed by atoms with Gasteiger partial charge in [0.1, 0.15) is 35.9 Å². The van der Waals surface area contributed by atoms with Crippen LogP contribution in [0.25, 0.3) is 11.2 Å². The fraction of sp³-hybridized carbons (Fsp3) is 0.565. The number of aromatic nitrogens is 4. The van der Waals surface area contributed by atoms with Gasteiger partial charge in [0.2, 0.25) is 0 Å². The monoisotopic (exact) mass is 488 g/mol. The van der Waals surface area contributed by atoms with Crippen molar-refractivity contribution in [2.24, 2.45) is 0 Å². The second-order valence-electron chi connectivity index (χ2n) is 8.82. The van der Waals surface area contributed by atoms with E-state index in [9.17, 15) is 15.0 Å². The molecule has 1 saturated heterocycles. The molecule has 0 radical (unpaired) electrons. The van der Waals surface area contributed by atoms with Crippen molar-refractivity contribution in [2.45, 2.75) is 63.1 Å². The molecule has 0 spiro atoms. The van der Waals surface area contributed by atoms with Crippen molar-refractivity contribution in [3.05, 3.63) is 35.0 Å². The molecule has 3 aromatic rings. The average Bonchev–Trinajstić information content (AvgIpc) is 3.54. The van der Waals surface area contributed by atoms with Crippen molar-refractivity contribution >= 4 is 34.1 Å². The maximum absolute atomic E-state index is 12.1. The molecule has 4 N–H and O–H groups in total. The number of nitrogens with two attached hydrogens (primary N) is 1. The van der Waals surface area contributed by atoms with Gasteiger partial charge in [0.15, 0.2) is 17.7 Å². The molecule has 1 aliphatic rings. The summed E-state index contributed by atoms with van der Waals surface area (Å²) in [5.74, 6) is 0.561. The van der Waals surface area contributed by atoms with Crippen molar-refractivity contribution in [3.8, 4) is 0 Å². The normalized spacial score (nSPS) is 22.7. The number of likely N-dealkylation sites (N-methyl/N-ethyl adjacent to an activating group) is 1. The van der Waals surface area contributed by atoms with E-state index in [4.69, 9.17) is 10.5 Å². The highest BCUT2D eigenvalue weighted by Crippen LogP contribution is 2.32. The van der Waals surface area contributed by atoms with E-state index < -0.39 is 24.5 Å². The summed E-state index contributed by atoms with van der Waals surface area (Å²) >= 11 is 1.74. The molecule has 4 heterocycles. The van der Waals surface area contributed by atoms with Crippen LogP contribution < -0.4 is 5.73 Å². The van der Waals surface area contributed by atoms with Gasteiger partial charge >= 0.3 is 0 Å². The van der Waals surface area contributed by atoms with Gasteiger partial charge in [-0.2, -0.15) is 0 Å². The van der Waals surface area contributed by atoms with Crippen LogP contribution >= 0.6 is 11.3 Å². The van der Waals surface area contributed by atoms with Crippen molar-refractivity contribution in [2.75, 3.05) is 25.9 Å². The van der Waals surface area contributed by atoms with Gasteiger partial charge in [0, 0.05) is 24.3 Å². The van der Waals surface area contributed by atoms with Crippen molar-refractivity contribution in [1.29, 1.82) is 0 Å². The Morgan fingerprint density at radius 3 is 2.82 bits per heavy atom. The van der Waals surface area contributed by atoms with Crippen LogP contribution in [0.15, 0.2) is 30.2 Å². The number of unbranched alkanes of at least 4 members (excludes halogenated alkanes) is 1. The molecule has 0 unspecified atom stereocenters. The molecule has 3 aromatic heterocycles. The number of hydrogen-bond acceptors (Lipinski definition) is 10. The third-order valence-electron chi connectivity index (χ3n) is 6.19. The SMILES string of the molecule is CN(CCCCC(=O)CCCc1cccs1)C[C@H]1O[C@@H](n2cnc3c(N)ncnc32)[C@H](O)[C@@H]1O. The first-order chi connectivity index (χ1) is 16.4. The number of nitrogen functional groups attached to an aromatic ring is 1. The van der Waals surface area contributed by atoms with Crippen molar-refractivity contribution < 1.29 is 19.7 Å². The molecule has 11 heteroatoms. The number of anilines is 1. The Labute approximate surface area is 202 Å². The van der Waals surface area contributed by atoms with Crippen molar-refractivity contribution in [1.82, 2.24) is 24.4 Å². The fourth-order valence-electron chi connectivity index (χ4n) is 4.31. The quantitative estimate of drug-likeness (QED) is 0.325. The van der Waals surface area contributed by atoms with Gasteiger partial charge in [0.05, 0.1) is 6.33 Å². The molecular weight excluding hydrogens is 456 g/mol. The number of rotatable bonds is 12. The van der Waals surface area contributed by atoms with Gasteiger partial charge in [0.25, 0.3) is 0 Å². The van der Waals surface area contributed by atoms with Gasteiger partial charge in [-0.15, -0.1) is 11.3 Å². The number of carbonyl (C=O) groups is 1. The molecule has 0 saturated carbocycles. The molecule has 184 valence electrons. The lowest BCUT2D eigenvalue weighted by molar-refractivity contribution is -0.119. The van der Waals surface area contributed by atoms with E-state index >= 15 is 0 Å². The Kier molecular flexibility index (Phi) is 8.22. The lowest BCUT2D eigenvalue weighted by atomic mass is 10.1. The summed E-state index contributed by atoms with van der Waals surface area (Å²) in [5, 5.41) is 23.2. The highest BCUT2D eigenvalue weighted by atomic mass is 32.1. The summed E-state index contributed by atoms with van der Waals surface area (Å²) in [5.41, 5.74) is 6.70. The number of carbonyl (C=O) groups excluding carboxylic acids is 1. The van der Waals surface area contributed by atoms with Gasteiger partial charge < -0.3 is 25.6 Å². The summed E-state index contributed by atoms with van der Waals surface area (Å²) in [6.45, 7) is 1.22. The second-order valence-corrected chi connectivity index (χ2v) is 9.85. The molecule has 1 aliphatic heterocycles. The molecule has 0 aromatic carbocycles. The number of thiophene rings is 1. The second kappa shape index (κ2) is 11.3. The summed E-state index contributed by atoms with van der Waals surface area (Å²) in [6, 6.07) is 4.15. The number of fused-ring (bicyclic) bond motifs is 1. The van der Waals surface area contributed by atoms with E-state index in [1.165, 1.54) is 17.5 Å². The molecule has 0 bridgehead atoms. The number of imidazole rings is 1. The highest BCUT2D eigenvalue weighted by Gasteiger charge is 2.44. The molecule has 0 amide bonds. The number of ketones is 1. The van der Waals surface area contributed by atoms with Crippen LogP contribution in [0.2, 0.25) is 0 Å². The Hall–Kier alpha value is -2.44. The third kappa shape index (κ3) is 5.78. The van der Waals surface area contributed by atoms with Crippen LogP contribution in [0.5, 0.6) is 0 Å². The zero-order valence-electron chi connectivity index (χ0n) is 19.3. The minimum absolute atomic E-state index is 0.244. The Morgan fingerprint density at radius 2 is 2.03 bits per heavy atom. The number of aliphatic hydroxyl groups excluding tert-OH is 2. The Morgan fingerprint density at radius 1 is 1.21 bits per heavy atom. The molecule has 1 fully saturated rings. The molecule has 10 nitrogen and oxygen atoms in total. The van der Waals surface area contributed by atoms with Gasteiger partial charge in [-0.3, -0.25) is 9.36 Å². The largest absolute Gasteiger partial charge is 0.387 e.